The predicted octanol–water partition coefficient (Wildman–Crippen LogP) is 2.09. The number of nitrogens with one attached hydrogen (secondary N) is 2. The van der Waals surface area contributed by atoms with E-state index in [4.69, 9.17) is 5.11 Å². The van der Waals surface area contributed by atoms with E-state index < -0.39 is 5.97 Å². The van der Waals surface area contributed by atoms with Gasteiger partial charge in [-0.25, -0.2) is 4.98 Å². The zero-order chi connectivity index (χ0) is 21.3. The fourth-order valence-corrected chi connectivity index (χ4v) is 3.30. The third-order valence-corrected chi connectivity index (χ3v) is 4.82. The molecule has 0 aliphatic heterocycles. The number of para-hydroxylation sites is 2. The molecule has 8 heteroatoms. The summed E-state index contributed by atoms with van der Waals surface area (Å²) in [5.41, 5.74) is 3.68. The number of aromatic nitrogens is 2. The van der Waals surface area contributed by atoms with Crippen molar-refractivity contribution in [3.8, 4) is 6.07 Å². The lowest BCUT2D eigenvalue weighted by Crippen LogP contribution is -2.34. The van der Waals surface area contributed by atoms with Crippen molar-refractivity contribution in [2.45, 2.75) is 6.92 Å². The van der Waals surface area contributed by atoms with Gasteiger partial charge in [0.15, 0.2) is 5.65 Å². The molecule has 0 radical (unpaired) electrons. The highest BCUT2D eigenvalue weighted by Crippen LogP contribution is 2.18. The Hall–Kier alpha value is -4.38. The second-order valence-electron chi connectivity index (χ2n) is 6.70. The number of carbonyl (C=O) groups is 1. The Kier molecular flexibility index (Phi) is 4.78. The molecule has 0 atom stereocenters. The molecule has 148 valence electrons. The van der Waals surface area contributed by atoms with Gasteiger partial charge in [0.25, 0.3) is 5.56 Å². The second-order valence-corrected chi connectivity index (χ2v) is 6.70. The number of carboxylic acid groups (broad SMARTS) is 1. The number of pyridine rings is 1. The number of aliphatic carboxylic acids is 1. The van der Waals surface area contributed by atoms with E-state index in [1.165, 1.54) is 4.40 Å². The van der Waals surface area contributed by atoms with Crippen LogP contribution in [-0.4, -0.2) is 27.0 Å². The van der Waals surface area contributed by atoms with Gasteiger partial charge in [-0.3, -0.25) is 14.0 Å². The number of hydrogen-bond donors (Lipinski definition) is 3. The quantitative estimate of drug-likeness (QED) is 0.470. The van der Waals surface area contributed by atoms with Gasteiger partial charge < -0.3 is 15.7 Å². The summed E-state index contributed by atoms with van der Waals surface area (Å²) < 4.78 is 1.47. The first-order valence-corrected chi connectivity index (χ1v) is 9.16. The first kappa shape index (κ1) is 19.0. The van der Waals surface area contributed by atoms with Crippen LogP contribution in [0.5, 0.6) is 0 Å². The normalized spacial score (nSPS) is 11.5. The Bertz CT molecular complexity index is 1430. The third kappa shape index (κ3) is 3.29. The van der Waals surface area contributed by atoms with Crippen molar-refractivity contribution < 1.29 is 9.90 Å². The smallest absolute Gasteiger partial charge is 0.322 e. The molecule has 4 aromatic rings. The topological polar surface area (TPSA) is 120 Å². The number of rotatable bonds is 5. The van der Waals surface area contributed by atoms with Gasteiger partial charge in [-0.15, -0.1) is 0 Å². The molecule has 2 aromatic heterocycles. The lowest BCUT2D eigenvalue weighted by Gasteiger charge is -2.06. The predicted molar refractivity (Wildman–Crippen MR) is 114 cm³/mol. The first-order chi connectivity index (χ1) is 14.5. The fourth-order valence-electron chi connectivity index (χ4n) is 3.30. The van der Waals surface area contributed by atoms with Crippen molar-refractivity contribution in [1.29, 1.82) is 5.26 Å². The molecule has 0 unspecified atom stereocenters. The Morgan fingerprint density at radius 2 is 1.90 bits per heavy atom. The number of imidazole rings is 1. The van der Waals surface area contributed by atoms with Crippen LogP contribution in [-0.2, 0) is 4.79 Å². The highest BCUT2D eigenvalue weighted by atomic mass is 16.4. The first-order valence-electron chi connectivity index (χ1n) is 9.16. The van der Waals surface area contributed by atoms with Crippen LogP contribution in [0.3, 0.4) is 0 Å². The molecule has 0 saturated carbocycles. The van der Waals surface area contributed by atoms with Crippen LogP contribution in [0, 0.1) is 18.3 Å². The number of hydrogen-bond acceptors (Lipinski definition) is 6. The Morgan fingerprint density at radius 3 is 2.60 bits per heavy atom. The fraction of sp³-hybridized carbons (Fsp3) is 0.0909. The van der Waals surface area contributed by atoms with Crippen molar-refractivity contribution in [2.24, 2.45) is 0 Å². The Morgan fingerprint density at radius 1 is 1.20 bits per heavy atom. The minimum Gasteiger partial charge on any atom is -0.480 e. The highest BCUT2D eigenvalue weighted by Gasteiger charge is 2.15. The van der Waals surface area contributed by atoms with Crippen LogP contribution in [0.1, 0.15) is 11.1 Å². The summed E-state index contributed by atoms with van der Waals surface area (Å²) >= 11 is 0. The van der Waals surface area contributed by atoms with Crippen LogP contribution in [0.15, 0.2) is 53.3 Å². The van der Waals surface area contributed by atoms with Gasteiger partial charge in [-0.1, -0.05) is 12.1 Å². The van der Waals surface area contributed by atoms with E-state index in [1.54, 1.807) is 49.5 Å². The van der Waals surface area contributed by atoms with Gasteiger partial charge in [0.05, 0.1) is 21.8 Å². The lowest BCUT2D eigenvalue weighted by molar-refractivity contribution is -0.134. The number of nitriles is 1. The standard InChI is InChI=1S/C22H17N5O3/c1-13-16(10-23)21-26-18-4-2-3-5-19(18)27(21)22(30)17(13)11-24-14-6-8-15(9-7-14)25-12-20(28)29/h2-9,11,24-25H,12H2,1H3,(H,28,29). The SMILES string of the molecule is Cc1c(C#N)c2nc3ccccc3n2c(=O)c1=CNc1ccc(NCC(=O)O)cc1. The minimum atomic E-state index is -0.945. The molecule has 0 saturated heterocycles. The molecule has 0 aliphatic carbocycles. The molecule has 3 N–H and O–H groups in total. The van der Waals surface area contributed by atoms with E-state index in [-0.39, 0.29) is 12.1 Å². The molecule has 2 heterocycles. The van der Waals surface area contributed by atoms with E-state index in [1.807, 2.05) is 12.1 Å². The minimum absolute atomic E-state index is 0.173. The summed E-state index contributed by atoms with van der Waals surface area (Å²) in [6.07, 6.45) is 1.58. The molecule has 4 rings (SSSR count). The number of fused-ring (bicyclic) bond motifs is 3. The van der Waals surface area contributed by atoms with Gasteiger partial charge in [0.2, 0.25) is 0 Å². The number of carboxylic acids is 1. The Labute approximate surface area is 170 Å². The summed E-state index contributed by atoms with van der Waals surface area (Å²) in [7, 11) is 0. The zero-order valence-electron chi connectivity index (χ0n) is 16.0. The summed E-state index contributed by atoms with van der Waals surface area (Å²) in [5, 5.41) is 24.6. The maximum Gasteiger partial charge on any atom is 0.322 e. The average Bonchev–Trinajstić information content (AvgIpc) is 3.12. The van der Waals surface area contributed by atoms with Crippen LogP contribution in [0.25, 0.3) is 22.9 Å². The molecule has 30 heavy (non-hydrogen) atoms. The second kappa shape index (κ2) is 7.56. The van der Waals surface area contributed by atoms with Crippen LogP contribution in [0.4, 0.5) is 11.4 Å². The van der Waals surface area contributed by atoms with Crippen molar-refractivity contribution >= 4 is 40.2 Å². The van der Waals surface area contributed by atoms with E-state index >= 15 is 0 Å². The molecule has 8 nitrogen and oxygen atoms in total. The molecular formula is C22H17N5O3. The summed E-state index contributed by atoms with van der Waals surface area (Å²) in [6, 6.07) is 16.4. The van der Waals surface area contributed by atoms with Crippen LogP contribution >= 0.6 is 0 Å². The third-order valence-electron chi connectivity index (χ3n) is 4.82. The monoisotopic (exact) mass is 399 g/mol. The molecule has 0 aliphatic rings. The maximum atomic E-state index is 13.2. The van der Waals surface area contributed by atoms with E-state index in [2.05, 4.69) is 21.7 Å². The molecule has 2 aromatic carbocycles. The van der Waals surface area contributed by atoms with E-state index in [9.17, 15) is 14.9 Å². The van der Waals surface area contributed by atoms with Crippen molar-refractivity contribution in [3.05, 3.63) is 75.2 Å². The average molecular weight is 399 g/mol. The van der Waals surface area contributed by atoms with Gasteiger partial charge >= 0.3 is 5.97 Å². The van der Waals surface area contributed by atoms with Gasteiger partial charge in [-0.2, -0.15) is 5.26 Å². The largest absolute Gasteiger partial charge is 0.480 e. The summed E-state index contributed by atoms with van der Waals surface area (Å²) in [4.78, 5) is 28.3. The Balaban J connectivity index is 1.78. The maximum absolute atomic E-state index is 13.2. The van der Waals surface area contributed by atoms with E-state index in [0.29, 0.717) is 44.4 Å². The lowest BCUT2D eigenvalue weighted by atomic mass is 10.1. The molecule has 0 amide bonds. The van der Waals surface area contributed by atoms with Crippen LogP contribution in [0.2, 0.25) is 0 Å². The summed E-state index contributed by atoms with van der Waals surface area (Å²) in [6.45, 7) is 1.55. The van der Waals surface area contributed by atoms with Crippen molar-refractivity contribution in [1.82, 2.24) is 9.38 Å². The van der Waals surface area contributed by atoms with Gasteiger partial charge in [0, 0.05) is 17.6 Å². The van der Waals surface area contributed by atoms with Crippen molar-refractivity contribution in [3.63, 3.8) is 0 Å². The number of anilines is 2. The highest BCUT2D eigenvalue weighted by molar-refractivity contribution is 5.82. The molecular weight excluding hydrogens is 382 g/mol. The van der Waals surface area contributed by atoms with Gasteiger partial charge in [-0.05, 0) is 48.9 Å². The molecule has 0 bridgehead atoms. The number of benzene rings is 2. The van der Waals surface area contributed by atoms with E-state index in [0.717, 1.165) is 0 Å². The van der Waals surface area contributed by atoms with Gasteiger partial charge in [0.1, 0.15) is 12.6 Å². The molecule has 0 fully saturated rings. The zero-order valence-corrected chi connectivity index (χ0v) is 16.0. The summed E-state index contributed by atoms with van der Waals surface area (Å²) in [5.74, 6) is -0.945. The number of nitrogens with zero attached hydrogens (tertiary/aromatic N) is 3. The molecule has 0 spiro atoms. The van der Waals surface area contributed by atoms with Crippen molar-refractivity contribution in [2.75, 3.05) is 17.2 Å². The van der Waals surface area contributed by atoms with Crippen LogP contribution < -0.4 is 21.4 Å².